The number of nitrogens with one attached hydrogen (secondary N) is 1. The van der Waals surface area contributed by atoms with Gasteiger partial charge < -0.3 is 10.1 Å². The summed E-state index contributed by atoms with van der Waals surface area (Å²) in [5.74, 6) is 0. The number of nitrogens with zero attached hydrogens (tertiary/aromatic N) is 2. The van der Waals surface area contributed by atoms with E-state index in [-0.39, 0.29) is 5.60 Å². The molecule has 5 heteroatoms. The summed E-state index contributed by atoms with van der Waals surface area (Å²) < 4.78 is 6.22. The number of fused-ring (bicyclic) bond motifs is 1. The fourth-order valence-electron chi connectivity index (χ4n) is 4.42. The maximum Gasteiger partial charge on any atom is 0.107 e. The summed E-state index contributed by atoms with van der Waals surface area (Å²) >= 11 is 1.96. The van der Waals surface area contributed by atoms with Crippen molar-refractivity contribution in [3.63, 3.8) is 0 Å². The fourth-order valence-corrected chi connectivity index (χ4v) is 5.64. The van der Waals surface area contributed by atoms with Crippen LogP contribution in [-0.4, -0.2) is 48.3 Å². The second kappa shape index (κ2) is 6.79. The number of aromatic nitrogens is 1. The lowest BCUT2D eigenvalue weighted by Gasteiger charge is -2.45. The van der Waals surface area contributed by atoms with Gasteiger partial charge in [0.15, 0.2) is 0 Å². The highest BCUT2D eigenvalue weighted by molar-refractivity contribution is 7.11. The first kappa shape index (κ1) is 16.0. The Morgan fingerprint density at radius 3 is 2.96 bits per heavy atom. The Morgan fingerprint density at radius 1 is 1.30 bits per heavy atom. The molecule has 4 nitrogen and oxygen atoms in total. The van der Waals surface area contributed by atoms with Crippen molar-refractivity contribution in [3.8, 4) is 0 Å². The van der Waals surface area contributed by atoms with Crippen molar-refractivity contribution in [1.82, 2.24) is 15.2 Å². The van der Waals surface area contributed by atoms with E-state index in [1.54, 1.807) is 4.88 Å². The zero-order valence-electron chi connectivity index (χ0n) is 14.3. The smallest absolute Gasteiger partial charge is 0.107 e. The first-order valence-electron chi connectivity index (χ1n) is 9.26. The van der Waals surface area contributed by atoms with Crippen LogP contribution in [0.1, 0.15) is 54.1 Å². The molecule has 1 atom stereocenters. The van der Waals surface area contributed by atoms with Crippen LogP contribution < -0.4 is 5.32 Å². The second-order valence-corrected chi connectivity index (χ2v) is 8.70. The molecule has 23 heavy (non-hydrogen) atoms. The molecule has 2 fully saturated rings. The van der Waals surface area contributed by atoms with Crippen LogP contribution in [0.4, 0.5) is 0 Å². The third-order valence-electron chi connectivity index (χ3n) is 5.88. The fraction of sp³-hybridized carbons (Fsp3) is 0.833. The van der Waals surface area contributed by atoms with E-state index in [0.29, 0.717) is 6.04 Å². The van der Waals surface area contributed by atoms with Crippen molar-refractivity contribution in [2.75, 3.05) is 26.7 Å². The van der Waals surface area contributed by atoms with Gasteiger partial charge in [0.25, 0.3) is 0 Å². The van der Waals surface area contributed by atoms with Crippen molar-refractivity contribution >= 4 is 11.3 Å². The number of rotatable bonds is 3. The minimum absolute atomic E-state index is 0.143. The average molecular weight is 336 g/mol. The van der Waals surface area contributed by atoms with Gasteiger partial charge in [-0.15, -0.1) is 11.3 Å². The van der Waals surface area contributed by atoms with Gasteiger partial charge in [-0.05, 0) is 71.5 Å². The Labute approximate surface area is 143 Å². The Bertz CT molecular complexity index is 509. The van der Waals surface area contributed by atoms with Crippen LogP contribution in [0.3, 0.4) is 0 Å². The Hall–Kier alpha value is -0.490. The van der Waals surface area contributed by atoms with Crippen LogP contribution in [0.25, 0.3) is 0 Å². The summed E-state index contributed by atoms with van der Waals surface area (Å²) in [5, 5.41) is 4.79. The van der Waals surface area contributed by atoms with Crippen LogP contribution >= 0.6 is 11.3 Å². The van der Waals surface area contributed by atoms with E-state index < -0.39 is 0 Å². The van der Waals surface area contributed by atoms with Crippen molar-refractivity contribution < 1.29 is 4.74 Å². The molecule has 0 amide bonds. The van der Waals surface area contributed by atoms with E-state index in [0.717, 1.165) is 32.7 Å². The molecule has 0 saturated carbocycles. The summed E-state index contributed by atoms with van der Waals surface area (Å²) in [5.41, 5.74) is 1.54. The quantitative estimate of drug-likeness (QED) is 0.922. The largest absolute Gasteiger partial charge is 0.375 e. The maximum atomic E-state index is 6.22. The van der Waals surface area contributed by atoms with Crippen LogP contribution in [-0.2, 0) is 24.1 Å². The van der Waals surface area contributed by atoms with Gasteiger partial charge in [-0.2, -0.15) is 0 Å². The van der Waals surface area contributed by atoms with E-state index in [9.17, 15) is 0 Å². The first-order valence-corrected chi connectivity index (χ1v) is 10.1. The third-order valence-corrected chi connectivity index (χ3v) is 7.02. The first-order chi connectivity index (χ1) is 11.2. The SMILES string of the molecule is CN(Cc1nc2c(s1)CCCC2)C1CCOC2(CCNCC2)C1. The lowest BCUT2D eigenvalue weighted by molar-refractivity contribution is -0.119. The predicted molar refractivity (Wildman–Crippen MR) is 94.0 cm³/mol. The number of hydrogen-bond donors (Lipinski definition) is 1. The predicted octanol–water partition coefficient (Wildman–Crippen LogP) is 2.75. The summed E-state index contributed by atoms with van der Waals surface area (Å²) in [4.78, 5) is 9.02. The lowest BCUT2D eigenvalue weighted by Crippen LogP contribution is -2.52. The minimum Gasteiger partial charge on any atom is -0.375 e. The van der Waals surface area contributed by atoms with Crippen molar-refractivity contribution in [2.45, 2.75) is 69.6 Å². The lowest BCUT2D eigenvalue weighted by atomic mass is 9.82. The molecular formula is C18H29N3OS. The molecule has 1 N–H and O–H groups in total. The van der Waals surface area contributed by atoms with Crippen LogP contribution in [0.2, 0.25) is 0 Å². The van der Waals surface area contributed by atoms with Gasteiger partial charge in [0, 0.05) is 17.5 Å². The van der Waals surface area contributed by atoms with Gasteiger partial charge >= 0.3 is 0 Å². The van der Waals surface area contributed by atoms with Crippen molar-refractivity contribution in [1.29, 1.82) is 0 Å². The van der Waals surface area contributed by atoms with E-state index in [2.05, 4.69) is 17.3 Å². The molecule has 1 aromatic heterocycles. The van der Waals surface area contributed by atoms with E-state index >= 15 is 0 Å². The highest BCUT2D eigenvalue weighted by Gasteiger charge is 2.39. The van der Waals surface area contributed by atoms with Crippen LogP contribution in [0.15, 0.2) is 0 Å². The molecule has 128 valence electrons. The standard InChI is InChI=1S/C18H29N3OS/c1-21(13-17-20-15-4-2-3-5-16(15)23-17)14-6-11-22-18(12-14)7-9-19-10-8-18/h14,19H,2-13H2,1H3. The highest BCUT2D eigenvalue weighted by atomic mass is 32.1. The molecule has 0 aromatic carbocycles. The van der Waals surface area contributed by atoms with E-state index in [1.165, 1.54) is 55.6 Å². The molecule has 3 aliphatic rings. The summed E-state index contributed by atoms with van der Waals surface area (Å²) in [6.07, 6.45) is 9.81. The number of aryl methyl sites for hydroxylation is 2. The zero-order valence-corrected chi connectivity index (χ0v) is 15.1. The molecule has 0 radical (unpaired) electrons. The molecule has 4 rings (SSSR count). The Morgan fingerprint density at radius 2 is 2.13 bits per heavy atom. The third kappa shape index (κ3) is 3.48. The highest BCUT2D eigenvalue weighted by Crippen LogP contribution is 2.35. The number of piperidine rings is 1. The van der Waals surface area contributed by atoms with Gasteiger partial charge in [-0.1, -0.05) is 0 Å². The van der Waals surface area contributed by atoms with E-state index in [4.69, 9.17) is 9.72 Å². The number of thiazole rings is 1. The molecular weight excluding hydrogens is 306 g/mol. The summed E-state index contributed by atoms with van der Waals surface area (Å²) in [6.45, 7) is 4.14. The van der Waals surface area contributed by atoms with Gasteiger partial charge in [0.05, 0.1) is 17.8 Å². The van der Waals surface area contributed by atoms with Gasteiger partial charge in [-0.25, -0.2) is 4.98 Å². The molecule has 2 aliphatic heterocycles. The van der Waals surface area contributed by atoms with Crippen LogP contribution in [0, 0.1) is 0 Å². The molecule has 1 unspecified atom stereocenters. The molecule has 1 aliphatic carbocycles. The van der Waals surface area contributed by atoms with Gasteiger partial charge in [-0.3, -0.25) is 4.90 Å². The van der Waals surface area contributed by atoms with Gasteiger partial charge in [0.2, 0.25) is 0 Å². The minimum atomic E-state index is 0.143. The normalized spacial score (nSPS) is 27.3. The zero-order chi connectivity index (χ0) is 15.7. The maximum absolute atomic E-state index is 6.22. The summed E-state index contributed by atoms with van der Waals surface area (Å²) in [6, 6.07) is 0.641. The van der Waals surface area contributed by atoms with E-state index in [1.807, 2.05) is 11.3 Å². The van der Waals surface area contributed by atoms with Gasteiger partial charge in [0.1, 0.15) is 5.01 Å². The molecule has 1 aromatic rings. The van der Waals surface area contributed by atoms with Crippen LogP contribution in [0.5, 0.6) is 0 Å². The second-order valence-electron chi connectivity index (χ2n) is 7.53. The summed E-state index contributed by atoms with van der Waals surface area (Å²) in [7, 11) is 2.28. The molecule has 2 saturated heterocycles. The number of hydrogen-bond acceptors (Lipinski definition) is 5. The number of ether oxygens (including phenoxy) is 1. The topological polar surface area (TPSA) is 37.4 Å². The molecule has 0 bridgehead atoms. The Balaban J connectivity index is 1.40. The van der Waals surface area contributed by atoms with Crippen molar-refractivity contribution in [3.05, 3.63) is 15.6 Å². The average Bonchev–Trinajstić information content (AvgIpc) is 2.98. The van der Waals surface area contributed by atoms with Crippen molar-refractivity contribution in [2.24, 2.45) is 0 Å². The molecule has 1 spiro atoms. The molecule has 3 heterocycles. The monoisotopic (exact) mass is 335 g/mol. The Kier molecular flexibility index (Phi) is 4.72.